The predicted molar refractivity (Wildman–Crippen MR) is 104 cm³/mol. The summed E-state index contributed by atoms with van der Waals surface area (Å²) < 4.78 is 73.5. The lowest BCUT2D eigenvalue weighted by molar-refractivity contribution is -0.222. The molecule has 170 valence electrons. The Morgan fingerprint density at radius 1 is 1.09 bits per heavy atom. The number of pyridine rings is 1. The Morgan fingerprint density at radius 2 is 1.66 bits per heavy atom. The van der Waals surface area contributed by atoms with Crippen LogP contribution in [0.4, 0.5) is 18.9 Å². The van der Waals surface area contributed by atoms with Crippen LogP contribution in [0.5, 0.6) is 0 Å². The number of halogens is 4. The van der Waals surface area contributed by atoms with Gasteiger partial charge in [-0.1, -0.05) is 11.6 Å². The number of alkyl halides is 3. The van der Waals surface area contributed by atoms with E-state index in [1.165, 1.54) is 26.0 Å². The fourth-order valence-electron chi connectivity index (χ4n) is 2.55. The van der Waals surface area contributed by atoms with E-state index in [-0.39, 0.29) is 10.6 Å². The molecule has 3 rings (SSSR count). The monoisotopic (exact) mass is 490 g/mol. The number of esters is 2. The van der Waals surface area contributed by atoms with E-state index in [1.807, 2.05) is 0 Å². The zero-order valence-electron chi connectivity index (χ0n) is 16.4. The average molecular weight is 491 g/mol. The van der Waals surface area contributed by atoms with E-state index >= 15 is 0 Å². The highest BCUT2D eigenvalue weighted by Gasteiger charge is 2.39. The molecule has 0 bridgehead atoms. The van der Waals surface area contributed by atoms with E-state index in [9.17, 15) is 31.2 Å². The van der Waals surface area contributed by atoms with Crippen LogP contribution < -0.4 is 5.32 Å². The molecule has 0 unspecified atom stereocenters. The Balaban J connectivity index is 1.81. The minimum Gasteiger partial charge on any atom is -0.419 e. The third-order valence-electron chi connectivity index (χ3n) is 4.05. The van der Waals surface area contributed by atoms with Gasteiger partial charge in [0, 0.05) is 31.9 Å². The highest BCUT2D eigenvalue weighted by molar-refractivity contribution is 7.91. The van der Waals surface area contributed by atoms with Crippen LogP contribution in [0, 0.1) is 0 Å². The van der Waals surface area contributed by atoms with Crippen molar-refractivity contribution in [2.45, 2.75) is 35.7 Å². The van der Waals surface area contributed by atoms with Gasteiger partial charge in [-0.25, -0.2) is 23.0 Å². The molecule has 1 aliphatic heterocycles. The molecule has 0 radical (unpaired) electrons. The number of hydrogen-bond donors (Lipinski definition) is 1. The molecule has 2 aromatic rings. The number of hydrogen-bond acceptors (Lipinski definition) is 8. The quantitative estimate of drug-likeness (QED) is 0.392. The summed E-state index contributed by atoms with van der Waals surface area (Å²) in [5, 5.41) is 1.22. The molecule has 0 spiro atoms. The lowest BCUT2D eigenvalue weighted by atomic mass is 10.2. The van der Waals surface area contributed by atoms with Gasteiger partial charge < -0.3 is 14.8 Å². The van der Waals surface area contributed by atoms with Crippen LogP contribution in [0.25, 0.3) is 0 Å². The number of carbonyl (C=O) groups is 2. The average Bonchev–Trinajstić information content (AvgIpc) is 2.65. The van der Waals surface area contributed by atoms with Gasteiger partial charge in [-0.3, -0.25) is 0 Å². The molecule has 1 fully saturated rings. The van der Waals surface area contributed by atoms with Crippen molar-refractivity contribution in [3.05, 3.63) is 58.9 Å². The van der Waals surface area contributed by atoms with E-state index in [0.717, 1.165) is 18.3 Å². The molecular weight excluding hydrogens is 477 g/mol. The Hall–Kier alpha value is -3.12. The highest BCUT2D eigenvalue weighted by atomic mass is 35.5. The highest BCUT2D eigenvalue weighted by Crippen LogP contribution is 2.34. The second-order valence-electron chi connectivity index (χ2n) is 6.92. The summed E-state index contributed by atoms with van der Waals surface area (Å²) in [6, 6.07) is 5.36. The Bertz CT molecular complexity index is 1200. The van der Waals surface area contributed by atoms with Gasteiger partial charge >= 0.3 is 18.1 Å². The summed E-state index contributed by atoms with van der Waals surface area (Å²) in [6.07, 6.45) is -3.31. The molecule has 1 aliphatic rings. The molecule has 1 aromatic carbocycles. The van der Waals surface area contributed by atoms with E-state index in [1.54, 1.807) is 0 Å². The zero-order valence-corrected chi connectivity index (χ0v) is 17.9. The molecule has 0 aliphatic carbocycles. The number of nitrogens with one attached hydrogen (secondary N) is 1. The van der Waals surface area contributed by atoms with Crippen LogP contribution in [0.3, 0.4) is 0 Å². The van der Waals surface area contributed by atoms with Gasteiger partial charge in [0.05, 0.1) is 15.5 Å². The number of nitrogens with zero attached hydrogens (tertiary/aromatic N) is 1. The van der Waals surface area contributed by atoms with Crippen LogP contribution in [0.2, 0.25) is 5.02 Å². The second-order valence-corrected chi connectivity index (χ2v) is 9.19. The molecular formula is C19H14ClF3N2O6S. The number of aromatic nitrogens is 1. The van der Waals surface area contributed by atoms with Crippen molar-refractivity contribution >= 4 is 39.1 Å². The van der Waals surface area contributed by atoms with Crippen LogP contribution in [0.15, 0.2) is 58.2 Å². The maximum atomic E-state index is 12.7. The molecule has 1 aromatic heterocycles. The van der Waals surface area contributed by atoms with Gasteiger partial charge in [0.1, 0.15) is 0 Å². The van der Waals surface area contributed by atoms with Crippen LogP contribution in [-0.2, 0) is 35.1 Å². The van der Waals surface area contributed by atoms with Gasteiger partial charge in [-0.15, -0.1) is 0 Å². The summed E-state index contributed by atoms with van der Waals surface area (Å²) in [5.74, 6) is -3.20. The van der Waals surface area contributed by atoms with Crippen molar-refractivity contribution in [1.82, 2.24) is 4.98 Å². The number of cyclic esters (lactones) is 2. The first-order chi connectivity index (χ1) is 14.7. The molecule has 32 heavy (non-hydrogen) atoms. The number of benzene rings is 1. The minimum absolute atomic E-state index is 0.286. The number of rotatable bonds is 4. The molecule has 8 nitrogen and oxygen atoms in total. The van der Waals surface area contributed by atoms with Gasteiger partial charge in [0.2, 0.25) is 9.84 Å². The molecule has 13 heteroatoms. The van der Waals surface area contributed by atoms with Crippen LogP contribution in [-0.4, -0.2) is 31.1 Å². The van der Waals surface area contributed by atoms with Crippen molar-refractivity contribution in [3.8, 4) is 0 Å². The fourth-order valence-corrected chi connectivity index (χ4v) is 4.25. The first-order valence-corrected chi connectivity index (χ1v) is 10.6. The molecule has 2 heterocycles. The third-order valence-corrected chi connectivity index (χ3v) is 6.18. The smallest absolute Gasteiger partial charge is 0.417 e. The van der Waals surface area contributed by atoms with Crippen molar-refractivity contribution in [2.24, 2.45) is 0 Å². The normalized spacial score (nSPS) is 16.2. The Morgan fingerprint density at radius 3 is 2.16 bits per heavy atom. The van der Waals surface area contributed by atoms with Crippen molar-refractivity contribution in [1.29, 1.82) is 0 Å². The molecule has 1 N–H and O–H groups in total. The molecule has 1 saturated heterocycles. The topological polar surface area (TPSA) is 112 Å². The van der Waals surface area contributed by atoms with E-state index in [0.29, 0.717) is 12.3 Å². The summed E-state index contributed by atoms with van der Waals surface area (Å²) >= 11 is 5.73. The number of anilines is 1. The van der Waals surface area contributed by atoms with Crippen LogP contribution in [0.1, 0.15) is 19.4 Å². The molecule has 0 atom stereocenters. The van der Waals surface area contributed by atoms with Crippen molar-refractivity contribution in [2.75, 3.05) is 5.32 Å². The first kappa shape index (κ1) is 23.5. The summed E-state index contributed by atoms with van der Waals surface area (Å²) in [6.45, 7) is 2.79. The predicted octanol–water partition coefficient (Wildman–Crippen LogP) is 3.72. The maximum absolute atomic E-state index is 12.7. The summed E-state index contributed by atoms with van der Waals surface area (Å²) in [7, 11) is -4.32. The van der Waals surface area contributed by atoms with Gasteiger partial charge in [-0.2, -0.15) is 13.2 Å². The summed E-state index contributed by atoms with van der Waals surface area (Å²) in [4.78, 5) is 26.9. The lowest BCUT2D eigenvalue weighted by Crippen LogP contribution is -2.42. The zero-order chi connectivity index (χ0) is 23.9. The SMILES string of the molecule is CC1(C)OC(=O)C(=CNc2ccc(S(=O)(=O)c3ncc(C(F)(F)F)cc3Cl)cc2)C(=O)O1. The number of ether oxygens (including phenoxy) is 2. The van der Waals surface area contributed by atoms with Gasteiger partial charge in [-0.05, 0) is 30.3 Å². The number of sulfone groups is 1. The first-order valence-electron chi connectivity index (χ1n) is 8.72. The fraction of sp³-hybridized carbons (Fsp3) is 0.211. The van der Waals surface area contributed by atoms with E-state index in [2.05, 4.69) is 10.3 Å². The maximum Gasteiger partial charge on any atom is 0.417 e. The summed E-state index contributed by atoms with van der Waals surface area (Å²) in [5.41, 5.74) is -1.30. The van der Waals surface area contributed by atoms with Gasteiger partial charge in [0.15, 0.2) is 10.6 Å². The molecule has 0 saturated carbocycles. The third kappa shape index (κ3) is 4.86. The number of carbonyl (C=O) groups excluding carboxylic acids is 2. The van der Waals surface area contributed by atoms with Crippen molar-refractivity contribution in [3.63, 3.8) is 0 Å². The second kappa shape index (κ2) is 8.10. The van der Waals surface area contributed by atoms with Crippen LogP contribution >= 0.6 is 11.6 Å². The van der Waals surface area contributed by atoms with E-state index in [4.69, 9.17) is 21.1 Å². The van der Waals surface area contributed by atoms with Gasteiger partial charge in [0.25, 0.3) is 5.79 Å². The Labute approximate surface area is 184 Å². The Kier molecular flexibility index (Phi) is 5.96. The molecule has 0 amide bonds. The standard InChI is InChI=1S/C19H14ClF3N2O6S/c1-18(2)30-16(26)13(17(27)31-18)9-24-11-3-5-12(6-4-11)32(28,29)15-14(20)7-10(8-25-15)19(21,22)23/h3-9,24H,1-2H3. The largest absolute Gasteiger partial charge is 0.419 e. The van der Waals surface area contributed by atoms with E-state index < -0.39 is 54.9 Å². The van der Waals surface area contributed by atoms with Crippen molar-refractivity contribution < 1.29 is 40.7 Å². The minimum atomic E-state index is -4.73. The lowest BCUT2D eigenvalue weighted by Gasteiger charge is -2.29.